The third-order valence-electron chi connectivity index (χ3n) is 5.25. The molecular formula is C20H26O. The fourth-order valence-electron chi connectivity index (χ4n) is 3.79. The van der Waals surface area contributed by atoms with Crippen molar-refractivity contribution < 1.29 is 5.11 Å². The van der Waals surface area contributed by atoms with Crippen molar-refractivity contribution in [3.05, 3.63) is 48.0 Å². The highest BCUT2D eigenvalue weighted by molar-refractivity contribution is 5.83. The zero-order valence-electron chi connectivity index (χ0n) is 13.0. The molecule has 0 heterocycles. The number of aliphatic hydroxyl groups excluding tert-OH is 1. The molecule has 112 valence electrons. The number of rotatable bonds is 7. The summed E-state index contributed by atoms with van der Waals surface area (Å²) < 4.78 is 0. The highest BCUT2D eigenvalue weighted by atomic mass is 16.3. The Morgan fingerprint density at radius 3 is 2.57 bits per heavy atom. The third kappa shape index (κ3) is 2.85. The molecule has 1 aliphatic rings. The molecule has 21 heavy (non-hydrogen) atoms. The van der Waals surface area contributed by atoms with E-state index in [0.29, 0.717) is 12.5 Å². The largest absolute Gasteiger partial charge is 0.396 e. The van der Waals surface area contributed by atoms with Crippen LogP contribution in [0.2, 0.25) is 0 Å². The van der Waals surface area contributed by atoms with Gasteiger partial charge in [-0.15, -0.1) is 0 Å². The lowest BCUT2D eigenvalue weighted by atomic mass is 9.86. The first-order chi connectivity index (χ1) is 10.3. The smallest absolute Gasteiger partial charge is 0.0468 e. The first-order valence-electron chi connectivity index (χ1n) is 8.40. The Bertz CT molecular complexity index is 604. The van der Waals surface area contributed by atoms with Crippen LogP contribution in [0.5, 0.6) is 0 Å². The maximum absolute atomic E-state index is 9.62. The number of unbranched alkanes of at least 4 members (excludes halogenated alkanes) is 3. The van der Waals surface area contributed by atoms with Gasteiger partial charge in [0, 0.05) is 12.0 Å². The third-order valence-corrected chi connectivity index (χ3v) is 5.25. The SMILES string of the molecule is CCCCCC[C@@]1(c2ccc3ccccc3c2)C[C@@H]1CO. The van der Waals surface area contributed by atoms with Gasteiger partial charge < -0.3 is 5.11 Å². The normalized spacial score (nSPS) is 24.4. The highest BCUT2D eigenvalue weighted by Gasteiger charge is 2.53. The van der Waals surface area contributed by atoms with Gasteiger partial charge in [-0.25, -0.2) is 0 Å². The molecule has 0 aromatic heterocycles. The predicted octanol–water partition coefficient (Wildman–Crippen LogP) is 5.06. The summed E-state index contributed by atoms with van der Waals surface area (Å²) in [7, 11) is 0. The molecule has 1 aliphatic carbocycles. The Labute approximate surface area is 128 Å². The fraction of sp³-hybridized carbons (Fsp3) is 0.500. The molecule has 1 nitrogen and oxygen atoms in total. The Hall–Kier alpha value is -1.34. The highest BCUT2D eigenvalue weighted by Crippen LogP contribution is 2.57. The van der Waals surface area contributed by atoms with Gasteiger partial charge in [-0.2, -0.15) is 0 Å². The minimum atomic E-state index is 0.256. The van der Waals surface area contributed by atoms with Gasteiger partial charge in [-0.3, -0.25) is 0 Å². The lowest BCUT2D eigenvalue weighted by Crippen LogP contribution is -2.12. The molecule has 2 aromatic carbocycles. The Morgan fingerprint density at radius 1 is 1.05 bits per heavy atom. The minimum absolute atomic E-state index is 0.256. The summed E-state index contributed by atoms with van der Waals surface area (Å²) in [5.74, 6) is 0.472. The van der Waals surface area contributed by atoms with Gasteiger partial charge in [0.05, 0.1) is 0 Å². The summed E-state index contributed by atoms with van der Waals surface area (Å²) in [6.45, 7) is 2.59. The first-order valence-corrected chi connectivity index (χ1v) is 8.40. The summed E-state index contributed by atoms with van der Waals surface area (Å²) >= 11 is 0. The van der Waals surface area contributed by atoms with Crippen LogP contribution in [-0.4, -0.2) is 11.7 Å². The molecule has 0 radical (unpaired) electrons. The molecule has 2 atom stereocenters. The number of hydrogen-bond acceptors (Lipinski definition) is 1. The molecule has 0 saturated heterocycles. The molecule has 0 unspecified atom stereocenters. The molecule has 1 N–H and O–H groups in total. The Kier molecular flexibility index (Phi) is 4.30. The lowest BCUT2D eigenvalue weighted by molar-refractivity contribution is 0.260. The van der Waals surface area contributed by atoms with Gasteiger partial charge in [0.2, 0.25) is 0 Å². The molecule has 3 rings (SSSR count). The van der Waals surface area contributed by atoms with Crippen molar-refractivity contribution >= 4 is 10.8 Å². The molecule has 0 aliphatic heterocycles. The Balaban J connectivity index is 1.82. The summed E-state index contributed by atoms with van der Waals surface area (Å²) in [5.41, 5.74) is 1.70. The van der Waals surface area contributed by atoms with E-state index in [1.165, 1.54) is 48.4 Å². The second kappa shape index (κ2) is 6.19. The maximum atomic E-state index is 9.62. The van der Waals surface area contributed by atoms with Crippen LogP contribution in [0.3, 0.4) is 0 Å². The molecule has 1 heteroatoms. The zero-order chi connectivity index (χ0) is 14.7. The van der Waals surface area contributed by atoms with Crippen molar-refractivity contribution in [1.82, 2.24) is 0 Å². The molecule has 0 amide bonds. The van der Waals surface area contributed by atoms with Gasteiger partial charge in [0.25, 0.3) is 0 Å². The summed E-state index contributed by atoms with van der Waals surface area (Å²) in [6, 6.07) is 15.4. The number of benzene rings is 2. The molecule has 0 bridgehead atoms. The van der Waals surface area contributed by atoms with Crippen LogP contribution >= 0.6 is 0 Å². The van der Waals surface area contributed by atoms with Gasteiger partial charge >= 0.3 is 0 Å². The summed E-state index contributed by atoms with van der Waals surface area (Å²) in [6.07, 6.45) is 7.62. The van der Waals surface area contributed by atoms with Crippen LogP contribution < -0.4 is 0 Å². The predicted molar refractivity (Wildman–Crippen MR) is 89.6 cm³/mol. The van der Waals surface area contributed by atoms with E-state index >= 15 is 0 Å². The van der Waals surface area contributed by atoms with Crippen molar-refractivity contribution in [2.75, 3.05) is 6.61 Å². The van der Waals surface area contributed by atoms with Gasteiger partial charge in [-0.1, -0.05) is 75.1 Å². The number of hydrogen-bond donors (Lipinski definition) is 1. The summed E-state index contributed by atoms with van der Waals surface area (Å²) in [4.78, 5) is 0. The monoisotopic (exact) mass is 282 g/mol. The van der Waals surface area contributed by atoms with E-state index in [1.54, 1.807) is 0 Å². The van der Waals surface area contributed by atoms with Gasteiger partial charge in [0.15, 0.2) is 0 Å². The number of aliphatic hydroxyl groups is 1. The second-order valence-electron chi connectivity index (χ2n) is 6.61. The van der Waals surface area contributed by atoms with Gasteiger partial charge in [-0.05, 0) is 35.1 Å². The summed E-state index contributed by atoms with van der Waals surface area (Å²) in [5, 5.41) is 12.3. The van der Waals surface area contributed by atoms with Crippen molar-refractivity contribution in [1.29, 1.82) is 0 Å². The minimum Gasteiger partial charge on any atom is -0.396 e. The molecule has 0 spiro atoms. The average Bonchev–Trinajstić information content (AvgIpc) is 3.26. The van der Waals surface area contributed by atoms with Crippen LogP contribution in [0.1, 0.15) is 51.0 Å². The van der Waals surface area contributed by atoms with Crippen molar-refractivity contribution in [2.45, 2.75) is 50.9 Å². The van der Waals surface area contributed by atoms with Crippen LogP contribution in [0.25, 0.3) is 10.8 Å². The lowest BCUT2D eigenvalue weighted by Gasteiger charge is -2.18. The van der Waals surface area contributed by atoms with Gasteiger partial charge in [0.1, 0.15) is 0 Å². The first kappa shape index (κ1) is 14.6. The van der Waals surface area contributed by atoms with E-state index < -0.39 is 0 Å². The molecule has 2 aromatic rings. The van der Waals surface area contributed by atoms with Crippen LogP contribution in [-0.2, 0) is 5.41 Å². The molecule has 1 saturated carbocycles. The van der Waals surface area contributed by atoms with E-state index in [2.05, 4.69) is 49.4 Å². The van der Waals surface area contributed by atoms with E-state index in [0.717, 1.165) is 6.42 Å². The van der Waals surface area contributed by atoms with E-state index in [-0.39, 0.29) is 5.41 Å². The Morgan fingerprint density at radius 2 is 1.86 bits per heavy atom. The molecule has 1 fully saturated rings. The van der Waals surface area contributed by atoms with Crippen LogP contribution in [0, 0.1) is 5.92 Å². The number of fused-ring (bicyclic) bond motifs is 1. The second-order valence-corrected chi connectivity index (χ2v) is 6.61. The molecular weight excluding hydrogens is 256 g/mol. The standard InChI is InChI=1S/C20H26O/c1-2-3-4-7-12-20(14-19(20)15-21)18-11-10-16-8-5-6-9-17(16)13-18/h5-6,8-11,13,19,21H,2-4,7,12,14-15H2,1H3/t19-,20+/m1/s1. The zero-order valence-corrected chi connectivity index (χ0v) is 13.0. The van der Waals surface area contributed by atoms with E-state index in [9.17, 15) is 5.11 Å². The van der Waals surface area contributed by atoms with Crippen LogP contribution in [0.15, 0.2) is 42.5 Å². The fourth-order valence-corrected chi connectivity index (χ4v) is 3.79. The maximum Gasteiger partial charge on any atom is 0.0468 e. The van der Waals surface area contributed by atoms with E-state index in [1.807, 2.05) is 0 Å². The van der Waals surface area contributed by atoms with Crippen molar-refractivity contribution in [3.63, 3.8) is 0 Å². The van der Waals surface area contributed by atoms with Crippen molar-refractivity contribution in [2.24, 2.45) is 5.92 Å². The quantitative estimate of drug-likeness (QED) is 0.704. The average molecular weight is 282 g/mol. The van der Waals surface area contributed by atoms with Crippen molar-refractivity contribution in [3.8, 4) is 0 Å². The van der Waals surface area contributed by atoms with E-state index in [4.69, 9.17) is 0 Å². The van der Waals surface area contributed by atoms with Crippen LogP contribution in [0.4, 0.5) is 0 Å². The topological polar surface area (TPSA) is 20.2 Å².